The quantitative estimate of drug-likeness (QED) is 0.329. The van der Waals surface area contributed by atoms with E-state index in [4.69, 9.17) is 9.47 Å². The van der Waals surface area contributed by atoms with E-state index in [1.807, 2.05) is 25.1 Å². The van der Waals surface area contributed by atoms with E-state index in [0.717, 1.165) is 6.42 Å². The van der Waals surface area contributed by atoms with Crippen LogP contribution < -0.4 is 15.0 Å². The fourth-order valence-electron chi connectivity index (χ4n) is 5.42. The number of carbonyl (C=O) groups excluding carboxylic acids is 4. The number of rotatable bonds is 8. The molecule has 3 aromatic rings. The molecule has 0 radical (unpaired) electrons. The zero-order valence-electron chi connectivity index (χ0n) is 21.7. The molecule has 1 N–H and O–H groups in total. The Morgan fingerprint density at radius 3 is 2.26 bits per heavy atom. The van der Waals surface area contributed by atoms with Gasteiger partial charge in [0.15, 0.2) is 6.61 Å². The molecular weight excluding hydrogens is 496 g/mol. The lowest BCUT2D eigenvalue weighted by molar-refractivity contribution is -0.122. The van der Waals surface area contributed by atoms with E-state index in [0.29, 0.717) is 36.6 Å². The summed E-state index contributed by atoms with van der Waals surface area (Å²) in [5.74, 6) is -1.22. The highest BCUT2D eigenvalue weighted by Crippen LogP contribution is 2.45. The van der Waals surface area contributed by atoms with Gasteiger partial charge in [-0.25, -0.2) is 4.79 Å². The van der Waals surface area contributed by atoms with Gasteiger partial charge in [0, 0.05) is 5.69 Å². The highest BCUT2D eigenvalue weighted by atomic mass is 16.5. The van der Waals surface area contributed by atoms with Crippen LogP contribution in [0, 0.1) is 11.8 Å². The Hall–Kier alpha value is -4.46. The normalized spacial score (nSPS) is 20.3. The van der Waals surface area contributed by atoms with Crippen LogP contribution in [0.1, 0.15) is 48.0 Å². The highest BCUT2D eigenvalue weighted by molar-refractivity contribution is 6.22. The molecule has 1 aliphatic heterocycles. The second kappa shape index (κ2) is 11.5. The van der Waals surface area contributed by atoms with Crippen molar-refractivity contribution in [2.24, 2.45) is 11.8 Å². The van der Waals surface area contributed by atoms with Gasteiger partial charge in [-0.1, -0.05) is 30.3 Å². The van der Waals surface area contributed by atoms with Crippen molar-refractivity contribution >= 4 is 35.1 Å². The Kier molecular flexibility index (Phi) is 7.72. The first-order valence-corrected chi connectivity index (χ1v) is 13.2. The Labute approximate surface area is 226 Å². The Morgan fingerprint density at radius 2 is 1.56 bits per heavy atom. The summed E-state index contributed by atoms with van der Waals surface area (Å²) in [6.07, 6.45) is 2.20. The van der Waals surface area contributed by atoms with Gasteiger partial charge in [-0.15, -0.1) is 0 Å². The van der Waals surface area contributed by atoms with E-state index >= 15 is 0 Å². The molecule has 0 bridgehead atoms. The second-order valence-corrected chi connectivity index (χ2v) is 9.77. The standard InChI is InChI=1S/C31H30N2O6/c1-2-38-25-15-11-23(12-16-25)32-28(34)19-39-31(37)21-8-13-24(14-9-21)33-29(35)26-17-10-22(18-27(26)30(33)36)20-6-4-3-5-7-20/h3-9,11-16,22,26-27H,2,10,17-19H2,1H3,(H,32,34)/t22-,26-,27+/m1/s1. The maximum Gasteiger partial charge on any atom is 0.338 e. The number of hydrogen-bond donors (Lipinski definition) is 1. The van der Waals surface area contributed by atoms with Gasteiger partial charge in [0.05, 0.1) is 29.7 Å². The number of hydrogen-bond acceptors (Lipinski definition) is 6. The summed E-state index contributed by atoms with van der Waals surface area (Å²) in [4.78, 5) is 52.4. The van der Waals surface area contributed by atoms with Crippen molar-refractivity contribution in [3.05, 3.63) is 90.0 Å². The molecule has 2 fully saturated rings. The largest absolute Gasteiger partial charge is 0.494 e. The molecule has 1 aliphatic carbocycles. The Balaban J connectivity index is 1.17. The van der Waals surface area contributed by atoms with Crippen LogP contribution >= 0.6 is 0 Å². The smallest absolute Gasteiger partial charge is 0.338 e. The molecule has 39 heavy (non-hydrogen) atoms. The second-order valence-electron chi connectivity index (χ2n) is 9.77. The summed E-state index contributed by atoms with van der Waals surface area (Å²) < 4.78 is 10.5. The molecule has 2 aliphatic rings. The van der Waals surface area contributed by atoms with E-state index in [9.17, 15) is 19.2 Å². The minimum Gasteiger partial charge on any atom is -0.494 e. The molecule has 200 valence electrons. The molecule has 5 rings (SSSR count). The first-order valence-electron chi connectivity index (χ1n) is 13.2. The van der Waals surface area contributed by atoms with Crippen molar-refractivity contribution in [1.29, 1.82) is 0 Å². The zero-order chi connectivity index (χ0) is 27.4. The molecule has 1 heterocycles. The van der Waals surface area contributed by atoms with Crippen molar-refractivity contribution in [3.8, 4) is 5.75 Å². The number of ether oxygens (including phenoxy) is 2. The number of amides is 3. The van der Waals surface area contributed by atoms with Crippen molar-refractivity contribution < 1.29 is 28.7 Å². The molecule has 0 spiro atoms. The lowest BCUT2D eigenvalue weighted by Gasteiger charge is -2.28. The predicted molar refractivity (Wildman–Crippen MR) is 145 cm³/mol. The molecule has 0 aromatic heterocycles. The summed E-state index contributed by atoms with van der Waals surface area (Å²) >= 11 is 0. The summed E-state index contributed by atoms with van der Waals surface area (Å²) in [5, 5.41) is 2.66. The van der Waals surface area contributed by atoms with Crippen molar-refractivity contribution in [2.75, 3.05) is 23.4 Å². The third-order valence-electron chi connectivity index (χ3n) is 7.34. The monoisotopic (exact) mass is 526 g/mol. The van der Waals surface area contributed by atoms with Crippen LogP contribution in [-0.2, 0) is 19.1 Å². The molecule has 8 heteroatoms. The molecule has 3 amide bonds. The summed E-state index contributed by atoms with van der Waals surface area (Å²) in [6.45, 7) is 1.97. The third kappa shape index (κ3) is 5.70. The molecule has 3 aromatic carbocycles. The topological polar surface area (TPSA) is 102 Å². The molecule has 1 saturated heterocycles. The van der Waals surface area contributed by atoms with Gasteiger partial charge in [0.25, 0.3) is 5.91 Å². The SMILES string of the molecule is CCOc1ccc(NC(=O)COC(=O)c2ccc(N3C(=O)[C@H]4C[C@H](c5ccccc5)CC[C@H]4C3=O)cc2)cc1. The fraction of sp³-hybridized carbons (Fsp3) is 0.290. The number of imide groups is 1. The third-order valence-corrected chi connectivity index (χ3v) is 7.34. The average molecular weight is 527 g/mol. The van der Waals surface area contributed by atoms with Crippen LogP contribution in [0.2, 0.25) is 0 Å². The summed E-state index contributed by atoms with van der Waals surface area (Å²) in [7, 11) is 0. The first-order chi connectivity index (χ1) is 18.9. The molecule has 8 nitrogen and oxygen atoms in total. The molecule has 1 saturated carbocycles. The molecule has 0 unspecified atom stereocenters. The fourth-order valence-corrected chi connectivity index (χ4v) is 5.42. The number of benzene rings is 3. The lowest BCUT2D eigenvalue weighted by atomic mass is 9.73. The minimum absolute atomic E-state index is 0.183. The van der Waals surface area contributed by atoms with Gasteiger partial charge in [-0.2, -0.15) is 0 Å². The van der Waals surface area contributed by atoms with Gasteiger partial charge in [0.2, 0.25) is 11.8 Å². The number of fused-ring (bicyclic) bond motifs is 1. The van der Waals surface area contributed by atoms with E-state index < -0.39 is 18.5 Å². The predicted octanol–water partition coefficient (Wildman–Crippen LogP) is 4.95. The lowest BCUT2D eigenvalue weighted by Crippen LogP contribution is -2.30. The van der Waals surface area contributed by atoms with Crippen LogP contribution in [0.4, 0.5) is 11.4 Å². The van der Waals surface area contributed by atoms with E-state index in [1.54, 1.807) is 36.4 Å². The van der Waals surface area contributed by atoms with Crippen molar-refractivity contribution in [1.82, 2.24) is 0 Å². The van der Waals surface area contributed by atoms with Gasteiger partial charge < -0.3 is 14.8 Å². The van der Waals surface area contributed by atoms with E-state index in [2.05, 4.69) is 17.4 Å². The number of nitrogens with one attached hydrogen (secondary N) is 1. The van der Waals surface area contributed by atoms with Crippen molar-refractivity contribution in [2.45, 2.75) is 32.1 Å². The Bertz CT molecular complexity index is 1350. The summed E-state index contributed by atoms with van der Waals surface area (Å²) in [5.41, 5.74) is 2.40. The van der Waals surface area contributed by atoms with Gasteiger partial charge >= 0.3 is 5.97 Å². The van der Waals surface area contributed by atoms with Gasteiger partial charge in [-0.05, 0) is 86.2 Å². The number of esters is 1. The maximum absolute atomic E-state index is 13.3. The minimum atomic E-state index is -0.679. The number of nitrogens with zero attached hydrogens (tertiary/aromatic N) is 1. The van der Waals surface area contributed by atoms with Gasteiger partial charge in [-0.3, -0.25) is 19.3 Å². The molecule has 3 atom stereocenters. The zero-order valence-corrected chi connectivity index (χ0v) is 21.7. The van der Waals surface area contributed by atoms with Gasteiger partial charge in [0.1, 0.15) is 5.75 Å². The van der Waals surface area contributed by atoms with Crippen LogP contribution in [0.25, 0.3) is 0 Å². The maximum atomic E-state index is 13.3. The van der Waals surface area contributed by atoms with Crippen LogP contribution in [0.15, 0.2) is 78.9 Å². The Morgan fingerprint density at radius 1 is 0.872 bits per heavy atom. The van der Waals surface area contributed by atoms with Crippen LogP contribution in [-0.4, -0.2) is 36.9 Å². The van der Waals surface area contributed by atoms with Crippen LogP contribution in [0.3, 0.4) is 0 Å². The highest BCUT2D eigenvalue weighted by Gasteiger charge is 2.50. The van der Waals surface area contributed by atoms with E-state index in [-0.39, 0.29) is 35.1 Å². The molecular formula is C31H30N2O6. The average Bonchev–Trinajstić information content (AvgIpc) is 3.22. The number of carbonyl (C=O) groups is 4. The summed E-state index contributed by atoms with van der Waals surface area (Å²) in [6, 6.07) is 23.1. The first kappa shape index (κ1) is 26.2. The van der Waals surface area contributed by atoms with Crippen LogP contribution in [0.5, 0.6) is 5.75 Å². The van der Waals surface area contributed by atoms with Crippen molar-refractivity contribution in [3.63, 3.8) is 0 Å². The van der Waals surface area contributed by atoms with E-state index in [1.165, 1.54) is 22.6 Å². The number of anilines is 2.